The quantitative estimate of drug-likeness (QED) is 0.0830. The molecule has 4 aromatic rings. The highest BCUT2D eigenvalue weighted by molar-refractivity contribution is 8.00. The smallest absolute Gasteiger partial charge is 0.301 e. The maximum Gasteiger partial charge on any atom is 0.301 e. The summed E-state index contributed by atoms with van der Waals surface area (Å²) in [5, 5.41) is 19.7. The van der Waals surface area contributed by atoms with Crippen molar-refractivity contribution in [3.63, 3.8) is 0 Å². The molecule has 2 heterocycles. The van der Waals surface area contributed by atoms with Gasteiger partial charge < -0.3 is 19.3 Å². The van der Waals surface area contributed by atoms with Crippen molar-refractivity contribution in [2.24, 2.45) is 0 Å². The molecule has 1 aliphatic rings. The van der Waals surface area contributed by atoms with Crippen LogP contribution in [0.4, 0.5) is 13.9 Å². The number of thioether (sulfide) groups is 1. The number of aliphatic hydroxyl groups excluding tert-OH is 1. The first-order valence-electron chi connectivity index (χ1n) is 12.3. The summed E-state index contributed by atoms with van der Waals surface area (Å²) in [5.41, 5.74) is 0.682. The molecule has 42 heavy (non-hydrogen) atoms. The fraction of sp³-hybridized carbons (Fsp3) is 0.172. The van der Waals surface area contributed by atoms with E-state index in [4.69, 9.17) is 14.2 Å². The Kier molecular flexibility index (Phi) is 8.41. The van der Waals surface area contributed by atoms with Gasteiger partial charge >= 0.3 is 5.91 Å². The van der Waals surface area contributed by atoms with Crippen molar-refractivity contribution >= 4 is 45.7 Å². The molecular weight excluding hydrogens is 588 g/mol. The molecule has 1 aliphatic heterocycles. The van der Waals surface area contributed by atoms with Gasteiger partial charge in [-0.1, -0.05) is 41.3 Å². The van der Waals surface area contributed by atoms with E-state index < -0.39 is 29.3 Å². The zero-order valence-corrected chi connectivity index (χ0v) is 24.1. The van der Waals surface area contributed by atoms with Gasteiger partial charge in [0, 0.05) is 11.3 Å². The number of benzene rings is 3. The minimum absolute atomic E-state index is 0.0741. The number of carbonyl (C=O) groups excluding carboxylic acids is 2. The molecule has 1 saturated heterocycles. The summed E-state index contributed by atoms with van der Waals surface area (Å²) in [6, 6.07) is 13.1. The van der Waals surface area contributed by atoms with Gasteiger partial charge in [-0.05, 0) is 53.6 Å². The number of hydrogen-bond donors (Lipinski definition) is 1. The standard InChI is InChI=1S/C29H23F2N3O6S2/c1-38-20-12-17(13-21(39-2)26(20)40-3)23-22(24(35)15-8-10-18(30)11-9-15)25(36)27(37)34(23)28-32-33-29(42-28)41-14-16-6-4-5-7-19(16)31/h4-13,23,35H,14H2,1-3H3/b24-22-. The van der Waals surface area contributed by atoms with Crippen LogP contribution >= 0.6 is 23.1 Å². The van der Waals surface area contributed by atoms with Crippen molar-refractivity contribution < 1.29 is 37.7 Å². The Balaban J connectivity index is 1.62. The van der Waals surface area contributed by atoms with Crippen molar-refractivity contribution in [2.45, 2.75) is 16.1 Å². The SMILES string of the molecule is COc1cc(C2/C(=C(/O)c3ccc(F)cc3)C(=O)C(=O)N2c2nnc(SCc3ccccc3F)s2)cc(OC)c1OC. The largest absolute Gasteiger partial charge is 0.507 e. The van der Waals surface area contributed by atoms with Gasteiger partial charge in [-0.3, -0.25) is 14.5 Å². The van der Waals surface area contributed by atoms with Crippen LogP contribution in [-0.4, -0.2) is 48.3 Å². The second-order valence-corrected chi connectivity index (χ2v) is 11.0. The van der Waals surface area contributed by atoms with Crippen LogP contribution in [0.2, 0.25) is 0 Å². The number of anilines is 1. The van der Waals surface area contributed by atoms with E-state index >= 15 is 0 Å². The molecule has 1 unspecified atom stereocenters. The van der Waals surface area contributed by atoms with Crippen LogP contribution in [0.15, 0.2) is 70.6 Å². The summed E-state index contributed by atoms with van der Waals surface area (Å²) in [5.74, 6) is -2.30. The van der Waals surface area contributed by atoms with E-state index in [1.165, 1.54) is 51.3 Å². The van der Waals surface area contributed by atoms with Gasteiger partial charge in [0.05, 0.1) is 32.9 Å². The van der Waals surface area contributed by atoms with Gasteiger partial charge in [-0.15, -0.1) is 10.2 Å². The molecule has 5 rings (SSSR count). The van der Waals surface area contributed by atoms with Crippen molar-refractivity contribution in [3.8, 4) is 17.2 Å². The zero-order chi connectivity index (χ0) is 30.0. The molecule has 0 radical (unpaired) electrons. The Labute approximate surface area is 247 Å². The van der Waals surface area contributed by atoms with E-state index in [-0.39, 0.29) is 45.1 Å². The van der Waals surface area contributed by atoms with Crippen molar-refractivity contribution in [2.75, 3.05) is 26.2 Å². The van der Waals surface area contributed by atoms with E-state index in [1.807, 2.05) is 0 Å². The van der Waals surface area contributed by atoms with Crippen LogP contribution in [0, 0.1) is 11.6 Å². The molecule has 0 bridgehead atoms. The molecule has 1 fully saturated rings. The number of nitrogens with zero attached hydrogens (tertiary/aromatic N) is 3. The van der Waals surface area contributed by atoms with Crippen LogP contribution in [0.1, 0.15) is 22.7 Å². The van der Waals surface area contributed by atoms with Gasteiger partial charge in [-0.25, -0.2) is 8.78 Å². The highest BCUT2D eigenvalue weighted by atomic mass is 32.2. The van der Waals surface area contributed by atoms with E-state index in [0.717, 1.165) is 28.4 Å². The Morgan fingerprint density at radius 1 is 0.976 bits per heavy atom. The normalized spacial score (nSPS) is 16.1. The van der Waals surface area contributed by atoms with Crippen molar-refractivity contribution in [1.29, 1.82) is 0 Å². The first-order valence-corrected chi connectivity index (χ1v) is 14.1. The molecule has 9 nitrogen and oxygen atoms in total. The fourth-order valence-corrected chi connectivity index (χ4v) is 6.33. The molecule has 1 N–H and O–H groups in total. The number of ketones is 1. The van der Waals surface area contributed by atoms with Crippen molar-refractivity contribution in [3.05, 3.63) is 94.6 Å². The first-order chi connectivity index (χ1) is 20.3. The summed E-state index contributed by atoms with van der Waals surface area (Å²) >= 11 is 2.25. The Bertz CT molecular complexity index is 1670. The second-order valence-electron chi connectivity index (χ2n) is 8.87. The number of hydrogen-bond acceptors (Lipinski definition) is 10. The molecule has 1 atom stereocenters. The van der Waals surface area contributed by atoms with Crippen LogP contribution in [0.5, 0.6) is 17.2 Å². The lowest BCUT2D eigenvalue weighted by atomic mass is 9.94. The average Bonchev–Trinajstić information content (AvgIpc) is 3.57. The topological polar surface area (TPSA) is 111 Å². The lowest BCUT2D eigenvalue weighted by molar-refractivity contribution is -0.132. The number of amides is 1. The summed E-state index contributed by atoms with van der Waals surface area (Å²) in [7, 11) is 4.27. The van der Waals surface area contributed by atoms with Gasteiger partial charge in [0.2, 0.25) is 10.9 Å². The third-order valence-corrected chi connectivity index (χ3v) is 8.58. The monoisotopic (exact) mass is 611 g/mol. The molecule has 0 spiro atoms. The molecule has 1 aromatic heterocycles. The number of halogens is 2. The predicted molar refractivity (Wildman–Crippen MR) is 153 cm³/mol. The number of carbonyl (C=O) groups is 2. The van der Waals surface area contributed by atoms with Crippen molar-refractivity contribution in [1.82, 2.24) is 10.2 Å². The minimum Gasteiger partial charge on any atom is -0.507 e. The van der Waals surface area contributed by atoms with Crippen LogP contribution < -0.4 is 19.1 Å². The number of Topliss-reactive ketones (excluding diaryl/α,β-unsaturated/α-hetero) is 1. The van der Waals surface area contributed by atoms with E-state index in [9.17, 15) is 23.5 Å². The van der Waals surface area contributed by atoms with E-state index in [0.29, 0.717) is 15.5 Å². The first kappa shape index (κ1) is 29.0. The molecule has 216 valence electrons. The van der Waals surface area contributed by atoms with Gasteiger partial charge in [-0.2, -0.15) is 0 Å². The number of rotatable bonds is 9. The van der Waals surface area contributed by atoms with E-state index in [2.05, 4.69) is 10.2 Å². The second kappa shape index (κ2) is 12.2. The lowest BCUT2D eigenvalue weighted by Gasteiger charge is -2.24. The maximum atomic E-state index is 14.1. The highest BCUT2D eigenvalue weighted by Gasteiger charge is 2.49. The summed E-state index contributed by atoms with van der Waals surface area (Å²) in [4.78, 5) is 28.1. The number of aliphatic hydroxyl groups is 1. The summed E-state index contributed by atoms with van der Waals surface area (Å²) in [6.07, 6.45) is 0. The van der Waals surface area contributed by atoms with Gasteiger partial charge in [0.15, 0.2) is 15.8 Å². The molecule has 1 amide bonds. The number of methoxy groups -OCH3 is 3. The molecular formula is C29H23F2N3O6S2. The number of aromatic nitrogens is 2. The lowest BCUT2D eigenvalue weighted by Crippen LogP contribution is -2.29. The van der Waals surface area contributed by atoms with Gasteiger partial charge in [0.25, 0.3) is 5.78 Å². The fourth-order valence-electron chi connectivity index (χ4n) is 4.48. The van der Waals surface area contributed by atoms with Gasteiger partial charge in [0.1, 0.15) is 17.4 Å². The van der Waals surface area contributed by atoms with Crippen LogP contribution in [0.25, 0.3) is 5.76 Å². The Morgan fingerprint density at radius 3 is 2.26 bits per heavy atom. The molecule has 13 heteroatoms. The number of ether oxygens (including phenoxy) is 3. The van der Waals surface area contributed by atoms with Crippen LogP contribution in [-0.2, 0) is 15.3 Å². The molecule has 3 aromatic carbocycles. The Hall–Kier alpha value is -4.49. The molecule has 0 saturated carbocycles. The van der Waals surface area contributed by atoms with E-state index in [1.54, 1.807) is 30.3 Å². The van der Waals surface area contributed by atoms with Crippen LogP contribution in [0.3, 0.4) is 0 Å². The molecule has 0 aliphatic carbocycles. The summed E-state index contributed by atoms with van der Waals surface area (Å²) < 4.78 is 44.5. The highest BCUT2D eigenvalue weighted by Crippen LogP contribution is 2.48. The predicted octanol–water partition coefficient (Wildman–Crippen LogP) is 5.76. The average molecular weight is 612 g/mol. The summed E-state index contributed by atoms with van der Waals surface area (Å²) in [6.45, 7) is 0. The Morgan fingerprint density at radius 2 is 1.64 bits per heavy atom. The maximum absolute atomic E-state index is 14.1. The zero-order valence-electron chi connectivity index (χ0n) is 22.5. The third-order valence-electron chi connectivity index (χ3n) is 6.48. The third kappa shape index (κ3) is 5.40. The minimum atomic E-state index is -1.19.